The molecule has 0 radical (unpaired) electrons. The van der Waals surface area contributed by atoms with Crippen molar-refractivity contribution in [3.05, 3.63) is 23.8 Å². The molecule has 1 aromatic carbocycles. The van der Waals surface area contributed by atoms with Gasteiger partial charge in [0, 0.05) is 18.2 Å². The van der Waals surface area contributed by atoms with Gasteiger partial charge in [-0.25, -0.2) is 17.9 Å². The van der Waals surface area contributed by atoms with Gasteiger partial charge >= 0.3 is 6.03 Å². The van der Waals surface area contributed by atoms with E-state index in [0.29, 0.717) is 18.7 Å². The fourth-order valence-electron chi connectivity index (χ4n) is 3.02. The summed E-state index contributed by atoms with van der Waals surface area (Å²) in [6.45, 7) is 2.82. The first-order valence-electron chi connectivity index (χ1n) is 7.81. The molecule has 1 aromatic rings. The number of carbonyl (C=O) groups is 2. The SMILES string of the molecule is COc1ccc(S(=O)(=O)NC2CCNC2)cc1C1(C)NC(=O)NC1=O.Cl. The zero-order valence-corrected chi connectivity index (χ0v) is 15.9. The molecule has 2 atom stereocenters. The molecule has 2 heterocycles. The predicted octanol–water partition coefficient (Wildman–Crippen LogP) is -0.188. The smallest absolute Gasteiger partial charge is 0.322 e. The van der Waals surface area contributed by atoms with Crippen molar-refractivity contribution < 1.29 is 22.7 Å². The lowest BCUT2D eigenvalue weighted by molar-refractivity contribution is -0.123. The number of urea groups is 1. The molecule has 2 fully saturated rings. The van der Waals surface area contributed by atoms with Gasteiger partial charge in [0.2, 0.25) is 10.0 Å². The molecule has 3 rings (SSSR count). The summed E-state index contributed by atoms with van der Waals surface area (Å²) in [7, 11) is -2.36. The van der Waals surface area contributed by atoms with Crippen LogP contribution in [0.5, 0.6) is 5.75 Å². The second-order valence-corrected chi connectivity index (χ2v) is 7.92. The van der Waals surface area contributed by atoms with Crippen LogP contribution in [0.3, 0.4) is 0 Å². The highest BCUT2D eigenvalue weighted by atomic mass is 35.5. The van der Waals surface area contributed by atoms with E-state index < -0.39 is 27.5 Å². The molecule has 4 N–H and O–H groups in total. The van der Waals surface area contributed by atoms with Crippen molar-refractivity contribution in [1.82, 2.24) is 20.7 Å². The number of halogens is 1. The Morgan fingerprint density at radius 2 is 2.04 bits per heavy atom. The van der Waals surface area contributed by atoms with Crippen molar-refractivity contribution in [2.24, 2.45) is 0 Å². The highest BCUT2D eigenvalue weighted by Gasteiger charge is 2.45. The highest BCUT2D eigenvalue weighted by molar-refractivity contribution is 7.89. The number of nitrogens with one attached hydrogen (secondary N) is 4. The van der Waals surface area contributed by atoms with Crippen LogP contribution in [-0.2, 0) is 20.4 Å². The Hall–Kier alpha value is -1.88. The average Bonchev–Trinajstić information content (AvgIpc) is 3.14. The fraction of sp³-hybridized carbons (Fsp3) is 0.467. The van der Waals surface area contributed by atoms with Crippen molar-refractivity contribution >= 4 is 34.4 Å². The molecule has 0 saturated carbocycles. The second kappa shape index (κ2) is 7.39. The summed E-state index contributed by atoms with van der Waals surface area (Å²) >= 11 is 0. The highest BCUT2D eigenvalue weighted by Crippen LogP contribution is 2.34. The molecule has 0 aliphatic carbocycles. The minimum Gasteiger partial charge on any atom is -0.496 e. The van der Waals surface area contributed by atoms with Gasteiger partial charge in [-0.15, -0.1) is 12.4 Å². The largest absolute Gasteiger partial charge is 0.496 e. The van der Waals surface area contributed by atoms with E-state index >= 15 is 0 Å². The third kappa shape index (κ3) is 3.63. The van der Waals surface area contributed by atoms with Crippen molar-refractivity contribution in [3.8, 4) is 5.75 Å². The molecule has 0 aromatic heterocycles. The number of amides is 3. The Kier molecular flexibility index (Phi) is 5.81. The van der Waals surface area contributed by atoms with Gasteiger partial charge in [-0.2, -0.15) is 0 Å². The van der Waals surface area contributed by atoms with Crippen LogP contribution in [0.15, 0.2) is 23.1 Å². The Morgan fingerprint density at radius 3 is 2.58 bits per heavy atom. The third-order valence-corrected chi connectivity index (χ3v) is 5.96. The van der Waals surface area contributed by atoms with Crippen molar-refractivity contribution in [2.75, 3.05) is 20.2 Å². The molecule has 144 valence electrons. The molecule has 26 heavy (non-hydrogen) atoms. The number of hydrogen-bond acceptors (Lipinski definition) is 6. The van der Waals surface area contributed by atoms with Crippen LogP contribution in [0.1, 0.15) is 18.9 Å². The van der Waals surface area contributed by atoms with Gasteiger partial charge in [-0.1, -0.05) is 0 Å². The normalized spacial score (nSPS) is 25.4. The molecular formula is C15H21ClN4O5S. The minimum atomic E-state index is -3.77. The number of hydrogen-bond donors (Lipinski definition) is 4. The van der Waals surface area contributed by atoms with E-state index in [-0.39, 0.29) is 28.9 Å². The van der Waals surface area contributed by atoms with Crippen LogP contribution in [0, 0.1) is 0 Å². The maximum Gasteiger partial charge on any atom is 0.322 e. The van der Waals surface area contributed by atoms with Gasteiger partial charge in [0.15, 0.2) is 0 Å². The summed E-state index contributed by atoms with van der Waals surface area (Å²) in [5.41, 5.74) is -1.14. The molecule has 11 heteroatoms. The summed E-state index contributed by atoms with van der Waals surface area (Å²) in [5, 5.41) is 7.76. The first-order chi connectivity index (χ1) is 11.8. The number of benzene rings is 1. The number of methoxy groups -OCH3 is 1. The lowest BCUT2D eigenvalue weighted by Gasteiger charge is -2.24. The van der Waals surface area contributed by atoms with Gasteiger partial charge < -0.3 is 15.4 Å². The number of sulfonamides is 1. The first kappa shape index (κ1) is 20.4. The summed E-state index contributed by atoms with van der Waals surface area (Å²) in [5.74, 6) is -0.264. The van der Waals surface area contributed by atoms with E-state index in [1.54, 1.807) is 0 Å². The Balaban J connectivity index is 0.00000243. The first-order valence-corrected chi connectivity index (χ1v) is 9.30. The summed E-state index contributed by atoms with van der Waals surface area (Å²) in [4.78, 5) is 23.7. The van der Waals surface area contributed by atoms with Crippen LogP contribution >= 0.6 is 12.4 Å². The Labute approximate surface area is 157 Å². The fourth-order valence-corrected chi connectivity index (χ4v) is 4.32. The van der Waals surface area contributed by atoms with Crippen LogP contribution in [0.25, 0.3) is 0 Å². The summed E-state index contributed by atoms with van der Waals surface area (Å²) < 4.78 is 33.2. The number of imide groups is 1. The van der Waals surface area contributed by atoms with Crippen molar-refractivity contribution in [3.63, 3.8) is 0 Å². The average molecular weight is 405 g/mol. The van der Waals surface area contributed by atoms with E-state index in [4.69, 9.17) is 4.74 Å². The van der Waals surface area contributed by atoms with E-state index in [2.05, 4.69) is 20.7 Å². The molecule has 2 unspecified atom stereocenters. The van der Waals surface area contributed by atoms with Crippen molar-refractivity contribution in [1.29, 1.82) is 0 Å². The van der Waals surface area contributed by atoms with Crippen LogP contribution in [0.4, 0.5) is 4.79 Å². The topological polar surface area (TPSA) is 126 Å². The maximum atomic E-state index is 12.6. The van der Waals surface area contributed by atoms with Gasteiger partial charge in [0.25, 0.3) is 5.91 Å². The zero-order chi connectivity index (χ0) is 18.2. The molecule has 2 aliphatic rings. The number of carbonyl (C=O) groups excluding carboxylic acids is 2. The Bertz CT molecular complexity index is 825. The molecule has 2 aliphatic heterocycles. The van der Waals surface area contributed by atoms with E-state index in [9.17, 15) is 18.0 Å². The van der Waals surface area contributed by atoms with Gasteiger partial charge in [0.1, 0.15) is 11.3 Å². The summed E-state index contributed by atoms with van der Waals surface area (Å²) in [6.07, 6.45) is 0.707. The molecular weight excluding hydrogens is 384 g/mol. The minimum absolute atomic E-state index is 0. The van der Waals surface area contributed by atoms with Gasteiger partial charge in [-0.05, 0) is 38.1 Å². The second-order valence-electron chi connectivity index (χ2n) is 6.21. The van der Waals surface area contributed by atoms with Gasteiger partial charge in [0.05, 0.1) is 12.0 Å². The summed E-state index contributed by atoms with van der Waals surface area (Å²) in [6, 6.07) is 3.41. The van der Waals surface area contributed by atoms with Crippen LogP contribution < -0.4 is 25.4 Å². The molecule has 0 bridgehead atoms. The maximum absolute atomic E-state index is 12.6. The van der Waals surface area contributed by atoms with Crippen LogP contribution in [-0.4, -0.2) is 46.6 Å². The lowest BCUT2D eigenvalue weighted by atomic mass is 9.91. The van der Waals surface area contributed by atoms with Gasteiger partial charge in [-0.3, -0.25) is 10.1 Å². The zero-order valence-electron chi connectivity index (χ0n) is 14.3. The van der Waals surface area contributed by atoms with Crippen LogP contribution in [0.2, 0.25) is 0 Å². The quantitative estimate of drug-likeness (QED) is 0.504. The third-order valence-electron chi connectivity index (χ3n) is 4.45. The number of rotatable bonds is 5. The lowest BCUT2D eigenvalue weighted by Crippen LogP contribution is -2.41. The monoisotopic (exact) mass is 404 g/mol. The number of ether oxygens (including phenoxy) is 1. The molecule has 2 saturated heterocycles. The predicted molar refractivity (Wildman–Crippen MR) is 95.9 cm³/mol. The van der Waals surface area contributed by atoms with E-state index in [1.165, 1.54) is 32.2 Å². The Morgan fingerprint density at radius 1 is 1.31 bits per heavy atom. The molecule has 9 nitrogen and oxygen atoms in total. The van der Waals surface area contributed by atoms with E-state index in [0.717, 1.165) is 6.54 Å². The van der Waals surface area contributed by atoms with Crippen molar-refractivity contribution in [2.45, 2.75) is 29.8 Å². The van der Waals surface area contributed by atoms with E-state index in [1.807, 2.05) is 0 Å². The molecule has 3 amide bonds. The molecule has 0 spiro atoms. The standard InChI is InChI=1S/C15H20N4O5S.ClH/c1-15(13(20)17-14(21)18-15)11-7-10(3-4-12(11)24-2)25(22,23)19-9-5-6-16-8-9;/h3-4,7,9,16,19H,5-6,8H2,1-2H3,(H2,17,18,20,21);1H.